The Morgan fingerprint density at radius 3 is 2.42 bits per heavy atom. The highest BCUT2D eigenvalue weighted by Gasteiger charge is 2.14. The molecule has 0 saturated carbocycles. The van der Waals surface area contributed by atoms with Gasteiger partial charge in [-0.1, -0.05) is 54.1 Å². The molecule has 0 fully saturated rings. The van der Waals surface area contributed by atoms with Crippen molar-refractivity contribution in [2.75, 3.05) is 6.61 Å². The largest absolute Gasteiger partial charge is 0.396 e. The lowest BCUT2D eigenvalue weighted by molar-refractivity contribution is 0.224. The fourth-order valence-corrected chi connectivity index (χ4v) is 2.36. The molecule has 0 heterocycles. The smallest absolute Gasteiger partial charge is 0.144 e. The standard InChI is InChI=1S/C16H16ClFO/c17-15-8-4-7-14(16(15)18)10-13(11-19)9-12-5-2-1-3-6-12/h1-8,13,19H,9-11H2. The van der Waals surface area contributed by atoms with Crippen LogP contribution >= 0.6 is 11.6 Å². The van der Waals surface area contributed by atoms with Crippen LogP contribution in [0.2, 0.25) is 5.02 Å². The molecule has 0 aliphatic carbocycles. The molecule has 0 amide bonds. The molecule has 3 heteroatoms. The molecule has 0 aromatic heterocycles. The summed E-state index contributed by atoms with van der Waals surface area (Å²) in [6.45, 7) is 0.0286. The summed E-state index contributed by atoms with van der Waals surface area (Å²) in [6.07, 6.45) is 1.21. The van der Waals surface area contributed by atoms with Crippen LogP contribution in [0.15, 0.2) is 48.5 Å². The van der Waals surface area contributed by atoms with Crippen molar-refractivity contribution >= 4 is 11.6 Å². The van der Waals surface area contributed by atoms with Gasteiger partial charge in [-0.3, -0.25) is 0 Å². The highest BCUT2D eigenvalue weighted by atomic mass is 35.5. The van der Waals surface area contributed by atoms with Gasteiger partial charge in [0.25, 0.3) is 0 Å². The van der Waals surface area contributed by atoms with Gasteiger partial charge in [-0.15, -0.1) is 0 Å². The van der Waals surface area contributed by atoms with Crippen molar-refractivity contribution in [2.45, 2.75) is 12.8 Å². The molecule has 19 heavy (non-hydrogen) atoms. The van der Waals surface area contributed by atoms with Crippen molar-refractivity contribution in [1.29, 1.82) is 0 Å². The molecule has 1 N–H and O–H groups in total. The normalized spacial score (nSPS) is 12.4. The van der Waals surface area contributed by atoms with Gasteiger partial charge in [-0.05, 0) is 36.0 Å². The number of halogens is 2. The fourth-order valence-electron chi connectivity index (χ4n) is 2.17. The summed E-state index contributed by atoms with van der Waals surface area (Å²) in [5, 5.41) is 9.59. The number of aliphatic hydroxyl groups is 1. The molecule has 0 spiro atoms. The molecule has 2 rings (SSSR count). The summed E-state index contributed by atoms with van der Waals surface area (Å²) in [5.74, 6) is -0.383. The predicted octanol–water partition coefficient (Wildman–Crippen LogP) is 3.87. The molecule has 100 valence electrons. The van der Waals surface area contributed by atoms with Crippen LogP contribution in [-0.2, 0) is 12.8 Å². The maximum atomic E-state index is 13.8. The van der Waals surface area contributed by atoms with Gasteiger partial charge in [0.2, 0.25) is 0 Å². The van der Waals surface area contributed by atoms with E-state index in [2.05, 4.69) is 0 Å². The van der Waals surface area contributed by atoms with Crippen LogP contribution in [-0.4, -0.2) is 11.7 Å². The number of hydrogen-bond donors (Lipinski definition) is 1. The molecule has 1 unspecified atom stereocenters. The van der Waals surface area contributed by atoms with Gasteiger partial charge >= 0.3 is 0 Å². The van der Waals surface area contributed by atoms with E-state index >= 15 is 0 Å². The van der Waals surface area contributed by atoms with E-state index in [4.69, 9.17) is 11.6 Å². The Balaban J connectivity index is 2.09. The van der Waals surface area contributed by atoms with E-state index < -0.39 is 0 Å². The van der Waals surface area contributed by atoms with E-state index in [0.717, 1.165) is 12.0 Å². The summed E-state index contributed by atoms with van der Waals surface area (Å²) in [4.78, 5) is 0. The Hall–Kier alpha value is -1.38. The predicted molar refractivity (Wildman–Crippen MR) is 75.8 cm³/mol. The summed E-state index contributed by atoms with van der Waals surface area (Å²) < 4.78 is 13.8. The summed E-state index contributed by atoms with van der Waals surface area (Å²) >= 11 is 5.76. The SMILES string of the molecule is OCC(Cc1ccccc1)Cc1cccc(Cl)c1F. The van der Waals surface area contributed by atoms with Crippen molar-refractivity contribution in [2.24, 2.45) is 5.92 Å². The monoisotopic (exact) mass is 278 g/mol. The van der Waals surface area contributed by atoms with E-state index in [1.165, 1.54) is 6.07 Å². The molecular weight excluding hydrogens is 263 g/mol. The quantitative estimate of drug-likeness (QED) is 0.880. The van der Waals surface area contributed by atoms with E-state index in [1.807, 2.05) is 30.3 Å². The molecule has 1 nitrogen and oxygen atoms in total. The molecule has 1 atom stereocenters. The highest BCUT2D eigenvalue weighted by molar-refractivity contribution is 6.30. The third kappa shape index (κ3) is 3.79. The minimum absolute atomic E-state index is 0.00429. The van der Waals surface area contributed by atoms with E-state index in [-0.39, 0.29) is 23.4 Å². The van der Waals surface area contributed by atoms with Crippen molar-refractivity contribution in [3.63, 3.8) is 0 Å². The van der Waals surface area contributed by atoms with Crippen LogP contribution in [0.3, 0.4) is 0 Å². The highest BCUT2D eigenvalue weighted by Crippen LogP contribution is 2.22. The number of hydrogen-bond acceptors (Lipinski definition) is 1. The van der Waals surface area contributed by atoms with Crippen LogP contribution in [0.4, 0.5) is 4.39 Å². The maximum absolute atomic E-state index is 13.8. The molecule has 0 radical (unpaired) electrons. The second-order valence-corrected chi connectivity index (χ2v) is 5.06. The first-order chi connectivity index (χ1) is 9.20. The van der Waals surface area contributed by atoms with Crippen molar-refractivity contribution in [3.05, 3.63) is 70.5 Å². The lowest BCUT2D eigenvalue weighted by Gasteiger charge is -2.15. The maximum Gasteiger partial charge on any atom is 0.144 e. The van der Waals surface area contributed by atoms with Crippen LogP contribution < -0.4 is 0 Å². The van der Waals surface area contributed by atoms with Gasteiger partial charge in [0, 0.05) is 6.61 Å². The van der Waals surface area contributed by atoms with Crippen molar-refractivity contribution in [1.82, 2.24) is 0 Å². The second kappa shape index (κ2) is 6.69. The lowest BCUT2D eigenvalue weighted by atomic mass is 9.93. The zero-order valence-electron chi connectivity index (χ0n) is 10.5. The topological polar surface area (TPSA) is 20.2 Å². The Bertz CT molecular complexity index is 528. The van der Waals surface area contributed by atoms with Gasteiger partial charge in [-0.2, -0.15) is 0 Å². The van der Waals surface area contributed by atoms with Gasteiger partial charge < -0.3 is 5.11 Å². The van der Waals surface area contributed by atoms with Crippen LogP contribution in [0, 0.1) is 11.7 Å². The fraction of sp³-hybridized carbons (Fsp3) is 0.250. The van der Waals surface area contributed by atoms with Crippen LogP contribution in [0.1, 0.15) is 11.1 Å². The Morgan fingerprint density at radius 1 is 1.00 bits per heavy atom. The van der Waals surface area contributed by atoms with Gasteiger partial charge in [0.15, 0.2) is 0 Å². The first-order valence-electron chi connectivity index (χ1n) is 6.28. The second-order valence-electron chi connectivity index (χ2n) is 4.66. The number of rotatable bonds is 5. The summed E-state index contributed by atoms with van der Waals surface area (Å²) in [7, 11) is 0. The molecule has 0 saturated heterocycles. The first kappa shape index (κ1) is 14.0. The molecule has 2 aromatic rings. The minimum Gasteiger partial charge on any atom is -0.396 e. The summed E-state index contributed by atoms with van der Waals surface area (Å²) in [6, 6.07) is 14.9. The van der Waals surface area contributed by atoms with Crippen LogP contribution in [0.25, 0.3) is 0 Å². The van der Waals surface area contributed by atoms with Crippen molar-refractivity contribution in [3.8, 4) is 0 Å². The third-order valence-electron chi connectivity index (χ3n) is 3.17. The minimum atomic E-state index is -0.379. The van der Waals surface area contributed by atoms with Crippen LogP contribution in [0.5, 0.6) is 0 Å². The average Bonchev–Trinajstić information content (AvgIpc) is 2.44. The summed E-state index contributed by atoms with van der Waals surface area (Å²) in [5.41, 5.74) is 1.70. The lowest BCUT2D eigenvalue weighted by Crippen LogP contribution is -2.14. The van der Waals surface area contributed by atoms with Crippen molar-refractivity contribution < 1.29 is 9.50 Å². The number of aliphatic hydroxyl groups excluding tert-OH is 1. The molecular formula is C16H16ClFO. The molecule has 0 aliphatic heterocycles. The Labute approximate surface area is 117 Å². The molecule has 0 bridgehead atoms. The van der Waals surface area contributed by atoms with Gasteiger partial charge in [0.1, 0.15) is 5.82 Å². The molecule has 0 aliphatic rings. The zero-order valence-corrected chi connectivity index (χ0v) is 11.3. The Morgan fingerprint density at radius 2 is 1.74 bits per heavy atom. The Kier molecular flexibility index (Phi) is 4.94. The average molecular weight is 279 g/mol. The van der Waals surface area contributed by atoms with Gasteiger partial charge in [0.05, 0.1) is 5.02 Å². The first-order valence-corrected chi connectivity index (χ1v) is 6.66. The zero-order chi connectivity index (χ0) is 13.7. The molecule has 2 aromatic carbocycles. The van der Waals surface area contributed by atoms with E-state index in [9.17, 15) is 9.50 Å². The number of benzene rings is 2. The van der Waals surface area contributed by atoms with E-state index in [1.54, 1.807) is 12.1 Å². The van der Waals surface area contributed by atoms with Gasteiger partial charge in [-0.25, -0.2) is 4.39 Å². The third-order valence-corrected chi connectivity index (χ3v) is 3.46. The van der Waals surface area contributed by atoms with E-state index in [0.29, 0.717) is 12.0 Å².